The quantitative estimate of drug-likeness (QED) is 0.791. The second-order valence-corrected chi connectivity index (χ2v) is 8.20. The van der Waals surface area contributed by atoms with Gasteiger partial charge in [0.05, 0.1) is 12.7 Å². The third-order valence-corrected chi connectivity index (χ3v) is 5.76. The largest absolute Gasteiger partial charge is 0.490 e. The fraction of sp³-hybridized carbons (Fsp3) is 0.500. The monoisotopic (exact) mass is 395 g/mol. The van der Waals surface area contributed by atoms with Crippen LogP contribution in [0.2, 0.25) is 0 Å². The maximum Gasteiger partial charge on any atom is 0.161 e. The minimum atomic E-state index is -0.311. The molecular formula is C24H29NO4. The number of Topliss-reactive ketones (excluding diaryl/α,β-unsaturated/α-hetero) is 2. The first-order valence-corrected chi connectivity index (χ1v) is 10.7. The Morgan fingerprint density at radius 3 is 2.14 bits per heavy atom. The summed E-state index contributed by atoms with van der Waals surface area (Å²) in [6.07, 6.45) is 4.55. The van der Waals surface area contributed by atoms with Crippen molar-refractivity contribution in [3.8, 4) is 11.5 Å². The van der Waals surface area contributed by atoms with Gasteiger partial charge < -0.3 is 14.8 Å². The molecule has 1 aromatic carbocycles. The summed E-state index contributed by atoms with van der Waals surface area (Å²) >= 11 is 0. The average Bonchev–Trinajstić information content (AvgIpc) is 2.68. The van der Waals surface area contributed by atoms with Crippen LogP contribution in [0.4, 0.5) is 0 Å². The average molecular weight is 395 g/mol. The number of rotatable bonds is 5. The minimum absolute atomic E-state index is 0.0300. The summed E-state index contributed by atoms with van der Waals surface area (Å²) in [5.41, 5.74) is 4.47. The Bertz CT molecular complexity index is 867. The van der Waals surface area contributed by atoms with Crippen molar-refractivity contribution in [2.45, 2.75) is 71.3 Å². The fourth-order valence-corrected chi connectivity index (χ4v) is 4.64. The number of hydrogen-bond donors (Lipinski definition) is 1. The van der Waals surface area contributed by atoms with Gasteiger partial charge in [-0.25, -0.2) is 0 Å². The molecule has 5 heteroatoms. The van der Waals surface area contributed by atoms with Crippen molar-refractivity contribution in [3.63, 3.8) is 0 Å². The first-order valence-electron chi connectivity index (χ1n) is 10.7. The molecule has 0 spiro atoms. The SMILES string of the molecule is CCOc1cc(C2C3=C(CCCC3=O)NC3=C2C(=O)CCC3)ccc1OC(C)C. The van der Waals surface area contributed by atoms with Gasteiger partial charge in [0.2, 0.25) is 0 Å². The van der Waals surface area contributed by atoms with Crippen LogP contribution in [-0.2, 0) is 9.59 Å². The second kappa shape index (κ2) is 8.05. The van der Waals surface area contributed by atoms with Gasteiger partial charge in [-0.05, 0) is 64.2 Å². The Hall–Kier alpha value is -2.56. The zero-order valence-electron chi connectivity index (χ0n) is 17.5. The Morgan fingerprint density at radius 2 is 1.59 bits per heavy atom. The van der Waals surface area contributed by atoms with Gasteiger partial charge in [-0.3, -0.25) is 9.59 Å². The van der Waals surface area contributed by atoms with Gasteiger partial charge in [-0.2, -0.15) is 0 Å². The van der Waals surface area contributed by atoms with Crippen LogP contribution in [0.3, 0.4) is 0 Å². The normalized spacial score (nSPS) is 19.9. The number of hydrogen-bond acceptors (Lipinski definition) is 5. The molecule has 0 saturated carbocycles. The van der Waals surface area contributed by atoms with Gasteiger partial charge >= 0.3 is 0 Å². The van der Waals surface area contributed by atoms with E-state index in [0.29, 0.717) is 30.9 Å². The van der Waals surface area contributed by atoms with Crippen molar-refractivity contribution in [2.24, 2.45) is 0 Å². The van der Waals surface area contributed by atoms with Crippen molar-refractivity contribution >= 4 is 11.6 Å². The van der Waals surface area contributed by atoms with E-state index in [2.05, 4.69) is 5.32 Å². The van der Waals surface area contributed by atoms with Crippen molar-refractivity contribution < 1.29 is 19.1 Å². The van der Waals surface area contributed by atoms with Crippen LogP contribution < -0.4 is 14.8 Å². The molecule has 4 rings (SSSR count). The van der Waals surface area contributed by atoms with E-state index in [1.54, 1.807) is 0 Å². The Morgan fingerprint density at radius 1 is 0.966 bits per heavy atom. The lowest BCUT2D eigenvalue weighted by atomic mass is 9.71. The van der Waals surface area contributed by atoms with Crippen molar-refractivity contribution in [1.29, 1.82) is 0 Å². The number of nitrogens with one attached hydrogen (secondary N) is 1. The molecule has 5 nitrogen and oxygen atoms in total. The van der Waals surface area contributed by atoms with Gasteiger partial charge in [0.1, 0.15) is 0 Å². The second-order valence-electron chi connectivity index (χ2n) is 8.20. The summed E-state index contributed by atoms with van der Waals surface area (Å²) < 4.78 is 11.8. The van der Waals surface area contributed by atoms with E-state index in [-0.39, 0.29) is 23.6 Å². The van der Waals surface area contributed by atoms with Crippen molar-refractivity contribution in [2.75, 3.05) is 6.61 Å². The van der Waals surface area contributed by atoms with Crippen LogP contribution >= 0.6 is 0 Å². The minimum Gasteiger partial charge on any atom is -0.490 e. The molecule has 29 heavy (non-hydrogen) atoms. The lowest BCUT2D eigenvalue weighted by Gasteiger charge is -2.37. The van der Waals surface area contributed by atoms with Crippen LogP contribution in [0.5, 0.6) is 11.5 Å². The van der Waals surface area contributed by atoms with Crippen LogP contribution in [0.25, 0.3) is 0 Å². The van der Waals surface area contributed by atoms with E-state index < -0.39 is 0 Å². The summed E-state index contributed by atoms with van der Waals surface area (Å²) in [6.45, 7) is 6.41. The number of dihydropyridines is 1. The van der Waals surface area contributed by atoms with E-state index in [0.717, 1.165) is 53.8 Å². The molecular weight excluding hydrogens is 366 g/mol. The number of ether oxygens (including phenoxy) is 2. The summed E-state index contributed by atoms with van der Waals surface area (Å²) in [4.78, 5) is 25.9. The van der Waals surface area contributed by atoms with E-state index in [9.17, 15) is 9.59 Å². The van der Waals surface area contributed by atoms with E-state index >= 15 is 0 Å². The molecule has 154 valence electrons. The zero-order chi connectivity index (χ0) is 20.5. The Kier molecular flexibility index (Phi) is 5.48. The maximum atomic E-state index is 12.9. The summed E-state index contributed by atoms with van der Waals surface area (Å²) in [7, 11) is 0. The van der Waals surface area contributed by atoms with Gasteiger partial charge in [-0.15, -0.1) is 0 Å². The van der Waals surface area contributed by atoms with Crippen molar-refractivity contribution in [1.82, 2.24) is 5.32 Å². The Labute approximate surface area is 172 Å². The lowest BCUT2D eigenvalue weighted by Crippen LogP contribution is -2.36. The van der Waals surface area contributed by atoms with Crippen LogP contribution in [0, 0.1) is 0 Å². The molecule has 3 aliphatic rings. The number of ketones is 2. The molecule has 0 radical (unpaired) electrons. The molecule has 2 aliphatic carbocycles. The number of benzene rings is 1. The first kappa shape index (κ1) is 19.7. The highest BCUT2D eigenvalue weighted by Crippen LogP contribution is 2.46. The van der Waals surface area contributed by atoms with Gasteiger partial charge in [-0.1, -0.05) is 6.07 Å². The topological polar surface area (TPSA) is 64.6 Å². The zero-order valence-corrected chi connectivity index (χ0v) is 17.5. The van der Waals surface area contributed by atoms with Gasteiger partial charge in [0, 0.05) is 41.3 Å². The lowest BCUT2D eigenvalue weighted by molar-refractivity contribution is -0.116. The Balaban J connectivity index is 1.84. The highest BCUT2D eigenvalue weighted by atomic mass is 16.5. The standard InChI is InChI=1S/C24H29NO4/c1-4-28-21-13-15(11-12-20(21)29-14(2)3)22-23-16(7-5-9-18(23)26)25-17-8-6-10-19(27)24(17)22/h11-14,22,25H,4-10H2,1-3H3. The predicted octanol–water partition coefficient (Wildman–Crippen LogP) is 4.57. The van der Waals surface area contributed by atoms with Crippen LogP contribution in [0.15, 0.2) is 40.7 Å². The molecule has 0 amide bonds. The molecule has 0 saturated heterocycles. The molecule has 1 heterocycles. The molecule has 0 unspecified atom stereocenters. The molecule has 0 atom stereocenters. The first-order chi connectivity index (χ1) is 14.0. The highest BCUT2D eigenvalue weighted by Gasteiger charge is 2.40. The number of carbonyl (C=O) groups excluding carboxylic acids is 2. The molecule has 0 aromatic heterocycles. The van der Waals surface area contributed by atoms with E-state index in [4.69, 9.17) is 9.47 Å². The molecule has 1 N–H and O–H groups in total. The van der Waals surface area contributed by atoms with Gasteiger partial charge in [0.15, 0.2) is 23.1 Å². The van der Waals surface area contributed by atoms with E-state index in [1.807, 2.05) is 39.0 Å². The summed E-state index contributed by atoms with van der Waals surface area (Å²) in [6, 6.07) is 5.84. The van der Waals surface area contributed by atoms with Gasteiger partial charge in [0.25, 0.3) is 0 Å². The predicted molar refractivity (Wildman–Crippen MR) is 111 cm³/mol. The third kappa shape index (κ3) is 3.70. The smallest absolute Gasteiger partial charge is 0.161 e. The molecule has 0 fully saturated rings. The molecule has 1 aromatic rings. The number of allylic oxidation sites excluding steroid dienone is 4. The molecule has 0 bridgehead atoms. The summed E-state index contributed by atoms with van der Waals surface area (Å²) in [5.74, 6) is 1.33. The molecule has 1 aliphatic heterocycles. The fourth-order valence-electron chi connectivity index (χ4n) is 4.64. The van der Waals surface area contributed by atoms with Crippen molar-refractivity contribution in [3.05, 3.63) is 46.3 Å². The van der Waals surface area contributed by atoms with Crippen LogP contribution in [0.1, 0.15) is 70.8 Å². The van der Waals surface area contributed by atoms with E-state index in [1.165, 1.54) is 0 Å². The third-order valence-electron chi connectivity index (χ3n) is 5.76. The maximum absolute atomic E-state index is 12.9. The summed E-state index contributed by atoms with van der Waals surface area (Å²) in [5, 5.41) is 3.46. The highest BCUT2D eigenvalue weighted by molar-refractivity contribution is 6.06. The number of carbonyl (C=O) groups is 2. The van der Waals surface area contributed by atoms with Crippen LogP contribution in [-0.4, -0.2) is 24.3 Å².